The van der Waals surface area contributed by atoms with Crippen molar-refractivity contribution in [2.75, 3.05) is 13.1 Å². The van der Waals surface area contributed by atoms with Crippen LogP contribution in [0.1, 0.15) is 12.1 Å². The molecule has 4 heteroatoms. The van der Waals surface area contributed by atoms with Crippen molar-refractivity contribution in [3.05, 3.63) is 42.5 Å². The summed E-state index contributed by atoms with van der Waals surface area (Å²) in [5.74, 6) is 0.751. The van der Waals surface area contributed by atoms with Crippen LogP contribution in [0.2, 0.25) is 0 Å². The maximum atomic E-state index is 12.2. The number of hydrogen-bond donors (Lipinski definition) is 0. The van der Waals surface area contributed by atoms with E-state index in [0.29, 0.717) is 5.92 Å². The number of fused-ring (bicyclic) bond motifs is 1. The third-order valence-electron chi connectivity index (χ3n) is 3.88. The van der Waals surface area contributed by atoms with Gasteiger partial charge in [-0.25, -0.2) is 4.98 Å². The van der Waals surface area contributed by atoms with Crippen LogP contribution in [0.25, 0.3) is 0 Å². The molecule has 0 saturated carbocycles. The molecule has 1 saturated heterocycles. The monoisotopic (exact) mass is 257 g/mol. The fourth-order valence-electron chi connectivity index (χ4n) is 2.89. The Morgan fingerprint density at radius 1 is 1.32 bits per heavy atom. The molecule has 1 aromatic rings. The quantitative estimate of drug-likeness (QED) is 0.824. The molecule has 1 aromatic heterocycles. The van der Waals surface area contributed by atoms with E-state index < -0.39 is 0 Å². The van der Waals surface area contributed by atoms with Gasteiger partial charge in [0.05, 0.1) is 17.9 Å². The number of aromatic nitrogens is 2. The van der Waals surface area contributed by atoms with Gasteiger partial charge in [-0.2, -0.15) is 0 Å². The van der Waals surface area contributed by atoms with E-state index in [4.69, 9.17) is 0 Å². The summed E-state index contributed by atoms with van der Waals surface area (Å²) < 4.78 is 2.09. The lowest BCUT2D eigenvalue weighted by atomic mass is 9.92. The van der Waals surface area contributed by atoms with Crippen molar-refractivity contribution in [2.45, 2.75) is 19.9 Å². The lowest BCUT2D eigenvalue weighted by Gasteiger charge is -2.16. The predicted molar refractivity (Wildman–Crippen MR) is 73.4 cm³/mol. The van der Waals surface area contributed by atoms with Crippen LogP contribution in [-0.4, -0.2) is 33.4 Å². The Labute approximate surface area is 113 Å². The number of nitrogens with zero attached hydrogens (tertiary/aromatic N) is 3. The molecule has 19 heavy (non-hydrogen) atoms. The molecule has 0 aromatic carbocycles. The number of amides is 1. The first-order valence-electron chi connectivity index (χ1n) is 6.86. The first kappa shape index (κ1) is 12.2. The van der Waals surface area contributed by atoms with E-state index in [1.165, 1.54) is 0 Å². The van der Waals surface area contributed by atoms with Crippen molar-refractivity contribution >= 4 is 5.91 Å². The minimum Gasteiger partial charge on any atom is -0.341 e. The highest BCUT2D eigenvalue weighted by Gasteiger charge is 2.37. The Morgan fingerprint density at radius 2 is 2.16 bits per heavy atom. The molecule has 2 atom stereocenters. The Kier molecular flexibility index (Phi) is 3.23. The van der Waals surface area contributed by atoms with Gasteiger partial charge in [0.15, 0.2) is 0 Å². The molecule has 1 fully saturated rings. The predicted octanol–water partition coefficient (Wildman–Crippen LogP) is 1.78. The van der Waals surface area contributed by atoms with Gasteiger partial charge in [0.1, 0.15) is 0 Å². The van der Waals surface area contributed by atoms with Crippen LogP contribution in [0.3, 0.4) is 0 Å². The van der Waals surface area contributed by atoms with Gasteiger partial charge in [-0.05, 0) is 13.3 Å². The summed E-state index contributed by atoms with van der Waals surface area (Å²) in [5, 5.41) is 0. The molecular formula is C15H19N3O. The van der Waals surface area contributed by atoms with E-state index in [9.17, 15) is 4.79 Å². The van der Waals surface area contributed by atoms with Crippen molar-refractivity contribution in [3.63, 3.8) is 0 Å². The molecule has 0 spiro atoms. The van der Waals surface area contributed by atoms with Crippen LogP contribution >= 0.6 is 0 Å². The topological polar surface area (TPSA) is 38.1 Å². The Morgan fingerprint density at radius 3 is 2.89 bits per heavy atom. The van der Waals surface area contributed by atoms with Crippen LogP contribution in [0, 0.1) is 18.8 Å². The first-order chi connectivity index (χ1) is 9.24. The lowest BCUT2D eigenvalue weighted by Crippen LogP contribution is -2.28. The maximum absolute atomic E-state index is 12.2. The maximum Gasteiger partial charge on any atom is 0.230 e. The zero-order valence-corrected chi connectivity index (χ0v) is 11.2. The summed E-state index contributed by atoms with van der Waals surface area (Å²) in [6.45, 7) is 4.62. The zero-order valence-electron chi connectivity index (χ0n) is 11.2. The number of carbonyl (C=O) groups is 1. The summed E-state index contributed by atoms with van der Waals surface area (Å²) in [4.78, 5) is 18.4. The zero-order chi connectivity index (χ0) is 13.2. The number of imidazole rings is 1. The van der Waals surface area contributed by atoms with Crippen molar-refractivity contribution < 1.29 is 4.79 Å². The second-order valence-corrected chi connectivity index (χ2v) is 5.35. The smallest absolute Gasteiger partial charge is 0.230 e. The number of carbonyl (C=O) groups excluding carboxylic acids is 1. The Balaban J connectivity index is 1.52. The van der Waals surface area contributed by atoms with E-state index in [1.54, 1.807) is 0 Å². The summed E-state index contributed by atoms with van der Waals surface area (Å²) >= 11 is 0. The molecule has 1 amide bonds. The van der Waals surface area contributed by atoms with Gasteiger partial charge in [-0.3, -0.25) is 4.79 Å². The third-order valence-corrected chi connectivity index (χ3v) is 3.88. The van der Waals surface area contributed by atoms with Crippen molar-refractivity contribution in [2.24, 2.45) is 11.8 Å². The van der Waals surface area contributed by atoms with E-state index >= 15 is 0 Å². The van der Waals surface area contributed by atoms with Gasteiger partial charge >= 0.3 is 0 Å². The Hall–Kier alpha value is -1.84. The van der Waals surface area contributed by atoms with E-state index in [0.717, 1.165) is 31.7 Å². The molecule has 2 aliphatic rings. The molecule has 1 aliphatic carbocycles. The van der Waals surface area contributed by atoms with Crippen LogP contribution in [0.15, 0.2) is 36.8 Å². The highest BCUT2D eigenvalue weighted by molar-refractivity contribution is 5.84. The van der Waals surface area contributed by atoms with Crippen molar-refractivity contribution in [1.82, 2.24) is 14.5 Å². The molecule has 100 valence electrons. The molecule has 4 nitrogen and oxygen atoms in total. The number of allylic oxidation sites excluding steroid dienone is 2. The summed E-state index contributed by atoms with van der Waals surface area (Å²) in [6.07, 6.45) is 13.1. The summed E-state index contributed by atoms with van der Waals surface area (Å²) in [5.41, 5.74) is 1.04. The van der Waals surface area contributed by atoms with Gasteiger partial charge in [0.2, 0.25) is 5.91 Å². The average molecular weight is 257 g/mol. The SMILES string of the molecule is Cc1cn(CCCN2CC3C=CC=CC3C2=O)cn1. The second-order valence-electron chi connectivity index (χ2n) is 5.35. The van der Waals surface area contributed by atoms with Gasteiger partial charge in [-0.15, -0.1) is 0 Å². The van der Waals surface area contributed by atoms with E-state index in [2.05, 4.69) is 15.6 Å². The molecule has 0 radical (unpaired) electrons. The molecule has 3 rings (SSSR count). The van der Waals surface area contributed by atoms with Gasteiger partial charge in [0, 0.05) is 31.7 Å². The van der Waals surface area contributed by atoms with E-state index in [-0.39, 0.29) is 11.8 Å². The molecule has 0 N–H and O–H groups in total. The van der Waals surface area contributed by atoms with Crippen molar-refractivity contribution in [1.29, 1.82) is 0 Å². The van der Waals surface area contributed by atoms with Gasteiger partial charge < -0.3 is 9.47 Å². The number of likely N-dealkylation sites (tertiary alicyclic amines) is 1. The standard InChI is InChI=1S/C15H19N3O/c1-12-9-17(11-16-12)7-4-8-18-10-13-5-2-3-6-14(13)15(18)19/h2-3,5-6,9,11,13-14H,4,7-8,10H2,1H3. The van der Waals surface area contributed by atoms with Crippen LogP contribution in [0.4, 0.5) is 0 Å². The normalized spacial score (nSPS) is 25.1. The molecule has 2 heterocycles. The fraction of sp³-hybridized carbons (Fsp3) is 0.467. The average Bonchev–Trinajstić information content (AvgIpc) is 2.96. The first-order valence-corrected chi connectivity index (χ1v) is 6.86. The highest BCUT2D eigenvalue weighted by atomic mass is 16.2. The summed E-state index contributed by atoms with van der Waals surface area (Å²) in [6, 6.07) is 0. The second kappa shape index (κ2) is 5.03. The van der Waals surface area contributed by atoms with Crippen molar-refractivity contribution in [3.8, 4) is 0 Å². The molecule has 2 unspecified atom stereocenters. The highest BCUT2D eigenvalue weighted by Crippen LogP contribution is 2.29. The Bertz CT molecular complexity index is 529. The number of aryl methyl sites for hydroxylation is 2. The largest absolute Gasteiger partial charge is 0.341 e. The molecule has 0 bridgehead atoms. The minimum absolute atomic E-state index is 0.0838. The number of rotatable bonds is 4. The van der Waals surface area contributed by atoms with Gasteiger partial charge in [0.25, 0.3) is 0 Å². The lowest BCUT2D eigenvalue weighted by molar-refractivity contribution is -0.130. The molecular weight excluding hydrogens is 238 g/mol. The van der Waals surface area contributed by atoms with Crippen LogP contribution in [0.5, 0.6) is 0 Å². The van der Waals surface area contributed by atoms with E-state index in [1.807, 2.05) is 42.6 Å². The van der Waals surface area contributed by atoms with Crippen LogP contribution < -0.4 is 0 Å². The number of hydrogen-bond acceptors (Lipinski definition) is 2. The fourth-order valence-corrected chi connectivity index (χ4v) is 2.89. The third kappa shape index (κ3) is 2.48. The molecule has 1 aliphatic heterocycles. The van der Waals surface area contributed by atoms with Gasteiger partial charge in [-0.1, -0.05) is 24.3 Å². The van der Waals surface area contributed by atoms with Crippen LogP contribution in [-0.2, 0) is 11.3 Å². The minimum atomic E-state index is 0.0838. The summed E-state index contributed by atoms with van der Waals surface area (Å²) in [7, 11) is 0.